The number of likely N-dealkylation sites (tertiary alicyclic amines) is 1. The van der Waals surface area contributed by atoms with E-state index in [1.165, 1.54) is 70.9 Å². The average molecular weight is 298 g/mol. The highest BCUT2D eigenvalue weighted by molar-refractivity contribution is 5.68. The van der Waals surface area contributed by atoms with E-state index < -0.39 is 5.97 Å². The van der Waals surface area contributed by atoms with Crippen LogP contribution in [0.15, 0.2) is 0 Å². The van der Waals surface area contributed by atoms with E-state index in [1.807, 2.05) is 0 Å². The molecule has 0 aliphatic carbocycles. The molecule has 0 aromatic rings. The maximum atomic E-state index is 10.5. The molecule has 0 saturated carbocycles. The molecule has 0 amide bonds. The molecule has 1 saturated heterocycles. The number of unbranched alkanes of at least 4 members (excludes halogenated alkanes) is 6. The van der Waals surface area contributed by atoms with E-state index in [4.69, 9.17) is 5.11 Å². The van der Waals surface area contributed by atoms with Crippen LogP contribution in [0.2, 0.25) is 0 Å². The minimum absolute atomic E-state index is 0.0915. The summed E-state index contributed by atoms with van der Waals surface area (Å²) in [5.41, 5.74) is 0. The third-order valence-corrected chi connectivity index (χ3v) is 4.39. The van der Waals surface area contributed by atoms with Crippen molar-refractivity contribution in [2.45, 2.75) is 64.7 Å². The Balaban J connectivity index is 2.00. The van der Waals surface area contributed by atoms with Crippen molar-refractivity contribution in [1.82, 2.24) is 10.2 Å². The minimum atomic E-state index is -0.759. The first-order valence-electron chi connectivity index (χ1n) is 8.87. The lowest BCUT2D eigenvalue weighted by Crippen LogP contribution is -2.40. The summed E-state index contributed by atoms with van der Waals surface area (Å²) in [5, 5.41) is 11.7. The highest BCUT2D eigenvalue weighted by atomic mass is 16.4. The van der Waals surface area contributed by atoms with Crippen molar-refractivity contribution in [3.8, 4) is 0 Å². The molecule has 0 aromatic heterocycles. The number of hydrogen-bond acceptors (Lipinski definition) is 3. The number of hydrogen-bond donors (Lipinski definition) is 2. The number of carboxylic acid groups (broad SMARTS) is 1. The second kappa shape index (κ2) is 12.0. The fraction of sp³-hybridized carbons (Fsp3) is 0.941. The monoisotopic (exact) mass is 298 g/mol. The molecule has 2 N–H and O–H groups in total. The lowest BCUT2D eigenvalue weighted by Gasteiger charge is -2.32. The summed E-state index contributed by atoms with van der Waals surface area (Å²) in [6.45, 7) is 6.79. The van der Waals surface area contributed by atoms with Gasteiger partial charge in [0.25, 0.3) is 0 Å². The fourth-order valence-electron chi connectivity index (χ4n) is 3.20. The van der Waals surface area contributed by atoms with Crippen molar-refractivity contribution in [2.24, 2.45) is 5.92 Å². The van der Waals surface area contributed by atoms with Crippen molar-refractivity contribution in [2.75, 3.05) is 32.7 Å². The van der Waals surface area contributed by atoms with Crippen LogP contribution < -0.4 is 5.32 Å². The summed E-state index contributed by atoms with van der Waals surface area (Å²) in [4.78, 5) is 13.1. The number of carboxylic acids is 1. The quantitative estimate of drug-likeness (QED) is 0.544. The summed E-state index contributed by atoms with van der Waals surface area (Å²) in [6, 6.07) is 0. The van der Waals surface area contributed by atoms with Gasteiger partial charge in [-0.2, -0.15) is 0 Å². The molecule has 1 aliphatic rings. The molecular formula is C17H34N2O2. The highest BCUT2D eigenvalue weighted by Crippen LogP contribution is 2.16. The van der Waals surface area contributed by atoms with Crippen LogP contribution in [0.5, 0.6) is 0 Å². The second-order valence-electron chi connectivity index (χ2n) is 6.45. The third-order valence-electron chi connectivity index (χ3n) is 4.39. The summed E-state index contributed by atoms with van der Waals surface area (Å²) < 4.78 is 0. The van der Waals surface area contributed by atoms with Crippen molar-refractivity contribution in [3.63, 3.8) is 0 Å². The van der Waals surface area contributed by atoms with Crippen LogP contribution in [-0.2, 0) is 4.79 Å². The maximum Gasteiger partial charge on any atom is 0.317 e. The van der Waals surface area contributed by atoms with E-state index in [1.54, 1.807) is 0 Å². The number of rotatable bonds is 12. The van der Waals surface area contributed by atoms with Crippen LogP contribution >= 0.6 is 0 Å². The molecule has 0 bridgehead atoms. The molecule has 0 aromatic carbocycles. The number of aliphatic carboxylic acids is 1. The van der Waals surface area contributed by atoms with Crippen LogP contribution in [0.4, 0.5) is 0 Å². The highest BCUT2D eigenvalue weighted by Gasteiger charge is 2.19. The Bertz CT molecular complexity index is 272. The second-order valence-corrected chi connectivity index (χ2v) is 6.45. The van der Waals surface area contributed by atoms with Crippen LogP contribution in [0.3, 0.4) is 0 Å². The van der Waals surface area contributed by atoms with Gasteiger partial charge < -0.3 is 15.3 Å². The van der Waals surface area contributed by atoms with Gasteiger partial charge in [-0.25, -0.2) is 0 Å². The zero-order valence-corrected chi connectivity index (χ0v) is 13.8. The fourth-order valence-corrected chi connectivity index (χ4v) is 3.20. The lowest BCUT2D eigenvalue weighted by atomic mass is 9.97. The Morgan fingerprint density at radius 1 is 1.19 bits per heavy atom. The van der Waals surface area contributed by atoms with E-state index >= 15 is 0 Å². The Kier molecular flexibility index (Phi) is 10.5. The first kappa shape index (κ1) is 18.4. The smallest absolute Gasteiger partial charge is 0.317 e. The Morgan fingerprint density at radius 2 is 1.90 bits per heavy atom. The molecule has 1 rings (SSSR count). The zero-order valence-electron chi connectivity index (χ0n) is 13.8. The standard InChI is InChI=1S/C17H34N2O2/c1-2-3-4-5-6-7-8-11-19-12-9-10-16(15-19)13-18-14-17(20)21/h16,18H,2-15H2,1H3,(H,20,21). The topological polar surface area (TPSA) is 52.6 Å². The van der Waals surface area contributed by atoms with Gasteiger partial charge in [-0.15, -0.1) is 0 Å². The molecule has 124 valence electrons. The van der Waals surface area contributed by atoms with Crippen molar-refractivity contribution in [3.05, 3.63) is 0 Å². The predicted molar refractivity (Wildman–Crippen MR) is 87.7 cm³/mol. The van der Waals surface area contributed by atoms with Gasteiger partial charge in [-0.05, 0) is 44.8 Å². The number of piperidine rings is 1. The molecule has 1 heterocycles. The van der Waals surface area contributed by atoms with Gasteiger partial charge in [-0.1, -0.05) is 45.4 Å². The molecule has 0 spiro atoms. The Labute approximate surface area is 130 Å². The van der Waals surface area contributed by atoms with E-state index in [2.05, 4.69) is 17.1 Å². The molecule has 21 heavy (non-hydrogen) atoms. The molecule has 4 heteroatoms. The lowest BCUT2D eigenvalue weighted by molar-refractivity contribution is -0.136. The molecule has 4 nitrogen and oxygen atoms in total. The molecule has 1 aliphatic heterocycles. The van der Waals surface area contributed by atoms with E-state index in [0.29, 0.717) is 5.92 Å². The average Bonchev–Trinajstić information content (AvgIpc) is 2.46. The van der Waals surface area contributed by atoms with E-state index in [-0.39, 0.29) is 6.54 Å². The van der Waals surface area contributed by atoms with Crippen molar-refractivity contribution >= 4 is 5.97 Å². The van der Waals surface area contributed by atoms with Gasteiger partial charge in [-0.3, -0.25) is 4.79 Å². The summed E-state index contributed by atoms with van der Waals surface area (Å²) >= 11 is 0. The predicted octanol–water partition coefficient (Wildman–Crippen LogP) is 3.12. The van der Waals surface area contributed by atoms with Gasteiger partial charge in [0, 0.05) is 6.54 Å². The van der Waals surface area contributed by atoms with Crippen LogP contribution in [0.25, 0.3) is 0 Å². The van der Waals surface area contributed by atoms with Gasteiger partial charge in [0.15, 0.2) is 0 Å². The largest absolute Gasteiger partial charge is 0.480 e. The van der Waals surface area contributed by atoms with Crippen molar-refractivity contribution in [1.29, 1.82) is 0 Å². The number of carbonyl (C=O) groups is 1. The van der Waals surface area contributed by atoms with E-state index in [9.17, 15) is 4.79 Å². The summed E-state index contributed by atoms with van der Waals surface area (Å²) in [6.07, 6.45) is 12.1. The van der Waals surface area contributed by atoms with Gasteiger partial charge in [0.2, 0.25) is 0 Å². The van der Waals surface area contributed by atoms with Crippen molar-refractivity contribution < 1.29 is 9.90 Å². The summed E-state index contributed by atoms with van der Waals surface area (Å²) in [5.74, 6) is -0.131. The van der Waals surface area contributed by atoms with Gasteiger partial charge in [0.05, 0.1) is 6.54 Å². The Morgan fingerprint density at radius 3 is 2.62 bits per heavy atom. The Hall–Kier alpha value is -0.610. The molecule has 1 atom stereocenters. The first-order chi connectivity index (χ1) is 10.2. The maximum absolute atomic E-state index is 10.5. The molecular weight excluding hydrogens is 264 g/mol. The number of nitrogens with one attached hydrogen (secondary N) is 1. The van der Waals surface area contributed by atoms with Crippen LogP contribution in [0, 0.1) is 5.92 Å². The molecule has 1 fully saturated rings. The first-order valence-corrected chi connectivity index (χ1v) is 8.87. The molecule has 0 radical (unpaired) electrons. The third kappa shape index (κ3) is 9.86. The molecule has 1 unspecified atom stereocenters. The zero-order chi connectivity index (χ0) is 15.3. The van der Waals surface area contributed by atoms with E-state index in [0.717, 1.165) is 13.1 Å². The SMILES string of the molecule is CCCCCCCCCN1CCCC(CNCC(=O)O)C1. The summed E-state index contributed by atoms with van der Waals surface area (Å²) in [7, 11) is 0. The number of nitrogens with zero attached hydrogens (tertiary/aromatic N) is 1. The van der Waals surface area contributed by atoms with Crippen LogP contribution in [-0.4, -0.2) is 48.7 Å². The van der Waals surface area contributed by atoms with Gasteiger partial charge in [0.1, 0.15) is 0 Å². The van der Waals surface area contributed by atoms with Gasteiger partial charge >= 0.3 is 5.97 Å². The minimum Gasteiger partial charge on any atom is -0.480 e. The normalized spacial score (nSPS) is 19.8. The van der Waals surface area contributed by atoms with Crippen LogP contribution in [0.1, 0.15) is 64.7 Å².